The van der Waals surface area contributed by atoms with E-state index in [0.29, 0.717) is 22.7 Å². The summed E-state index contributed by atoms with van der Waals surface area (Å²) in [6, 6.07) is 5.32. The topological polar surface area (TPSA) is 85.7 Å². The average molecular weight is 287 g/mol. The predicted octanol–water partition coefficient (Wildman–Crippen LogP) is 1.74. The largest absolute Gasteiger partial charge is 0.493 e. The van der Waals surface area contributed by atoms with E-state index in [2.05, 4.69) is 4.98 Å². The van der Waals surface area contributed by atoms with Crippen molar-refractivity contribution in [3.63, 3.8) is 0 Å². The molecular formula is C15H13NO5. The molecule has 1 atom stereocenters. The maximum Gasteiger partial charge on any atom is 0.310 e. The normalized spacial score (nSPS) is 15.4. The van der Waals surface area contributed by atoms with E-state index in [1.807, 2.05) is 0 Å². The second-order valence-electron chi connectivity index (χ2n) is 4.83. The molecule has 0 radical (unpaired) electrons. The van der Waals surface area contributed by atoms with Crippen LogP contribution in [0.5, 0.6) is 11.5 Å². The van der Waals surface area contributed by atoms with Gasteiger partial charge in [-0.25, -0.2) is 0 Å². The van der Waals surface area contributed by atoms with E-state index in [-0.39, 0.29) is 5.78 Å². The third-order valence-electron chi connectivity index (χ3n) is 3.62. The van der Waals surface area contributed by atoms with Crippen molar-refractivity contribution < 1.29 is 24.2 Å². The van der Waals surface area contributed by atoms with Gasteiger partial charge in [-0.1, -0.05) is 0 Å². The number of rotatable bonds is 5. The molecule has 2 aliphatic rings. The van der Waals surface area contributed by atoms with Crippen LogP contribution in [0.15, 0.2) is 18.2 Å². The van der Waals surface area contributed by atoms with Gasteiger partial charge in [0.05, 0.1) is 31.3 Å². The average Bonchev–Trinajstić information content (AvgIpc) is 2.43. The molecule has 0 spiro atoms. The monoisotopic (exact) mass is 287 g/mol. The summed E-state index contributed by atoms with van der Waals surface area (Å²) in [5.74, 6) is -0.896. The predicted molar refractivity (Wildman–Crippen MR) is 73.9 cm³/mol. The number of hydrogen-bond donors (Lipinski definition) is 1. The number of carbonyl (C=O) groups excluding carboxylic acids is 1. The van der Waals surface area contributed by atoms with Gasteiger partial charge in [0, 0.05) is 11.5 Å². The van der Waals surface area contributed by atoms with E-state index in [9.17, 15) is 9.59 Å². The first-order chi connectivity index (χ1) is 10.0. The number of carboxylic acid groups (broad SMARTS) is 1. The van der Waals surface area contributed by atoms with E-state index in [0.717, 1.165) is 10.9 Å². The number of hydrogen-bond acceptors (Lipinski definition) is 5. The van der Waals surface area contributed by atoms with Crippen LogP contribution in [0.2, 0.25) is 0 Å². The van der Waals surface area contributed by atoms with Gasteiger partial charge in [0.2, 0.25) is 0 Å². The fourth-order valence-electron chi connectivity index (χ4n) is 2.64. The zero-order valence-corrected chi connectivity index (χ0v) is 11.5. The van der Waals surface area contributed by atoms with Gasteiger partial charge < -0.3 is 14.6 Å². The van der Waals surface area contributed by atoms with Crippen LogP contribution in [0.3, 0.4) is 0 Å². The molecule has 6 heteroatoms. The molecule has 2 heterocycles. The molecule has 1 N–H and O–H groups in total. The Labute approximate surface area is 120 Å². The molecule has 108 valence electrons. The Morgan fingerprint density at radius 3 is 2.48 bits per heavy atom. The van der Waals surface area contributed by atoms with Gasteiger partial charge in [0.1, 0.15) is 6.42 Å². The van der Waals surface area contributed by atoms with Crippen molar-refractivity contribution >= 4 is 22.7 Å². The second-order valence-corrected chi connectivity index (χ2v) is 4.83. The third kappa shape index (κ3) is 1.99. The molecule has 1 aliphatic carbocycles. The van der Waals surface area contributed by atoms with Crippen molar-refractivity contribution in [2.45, 2.75) is 12.3 Å². The lowest BCUT2D eigenvalue weighted by molar-refractivity contribution is -0.140. The Morgan fingerprint density at radius 2 is 1.86 bits per heavy atom. The smallest absolute Gasteiger partial charge is 0.310 e. The van der Waals surface area contributed by atoms with E-state index >= 15 is 0 Å². The first-order valence-corrected chi connectivity index (χ1v) is 6.36. The minimum absolute atomic E-state index is 0.348. The molecular weight excluding hydrogens is 274 g/mol. The van der Waals surface area contributed by atoms with Crippen molar-refractivity contribution in [3.05, 3.63) is 29.5 Å². The Kier molecular flexibility index (Phi) is 3.01. The molecule has 0 saturated heterocycles. The molecule has 0 fully saturated rings. The highest BCUT2D eigenvalue weighted by atomic mass is 16.5. The maximum absolute atomic E-state index is 12.0. The summed E-state index contributed by atoms with van der Waals surface area (Å²) in [5, 5.41) is 9.53. The molecule has 21 heavy (non-hydrogen) atoms. The molecule has 0 saturated carbocycles. The van der Waals surface area contributed by atoms with Crippen LogP contribution in [0.4, 0.5) is 0 Å². The van der Waals surface area contributed by atoms with Crippen LogP contribution >= 0.6 is 0 Å². The van der Waals surface area contributed by atoms with Gasteiger partial charge in [-0.05, 0) is 17.7 Å². The van der Waals surface area contributed by atoms with Gasteiger partial charge in [-0.3, -0.25) is 14.6 Å². The molecule has 1 aliphatic heterocycles. The number of carbonyl (C=O) groups is 2. The molecule has 6 nitrogen and oxygen atoms in total. The number of ketones is 1. The van der Waals surface area contributed by atoms with Gasteiger partial charge in [0.15, 0.2) is 17.3 Å². The van der Waals surface area contributed by atoms with Crippen LogP contribution in [0, 0.1) is 0 Å². The number of methoxy groups -OCH3 is 2. The summed E-state index contributed by atoms with van der Waals surface area (Å²) in [6.07, 6.45) is -0.496. The molecule has 1 unspecified atom stereocenters. The van der Waals surface area contributed by atoms with Crippen molar-refractivity contribution in [2.24, 2.45) is 0 Å². The van der Waals surface area contributed by atoms with Crippen LogP contribution in [0.1, 0.15) is 23.6 Å². The molecule has 0 amide bonds. The molecule has 2 bridgehead atoms. The second kappa shape index (κ2) is 4.73. The summed E-state index contributed by atoms with van der Waals surface area (Å²) in [6.45, 7) is 0. The zero-order valence-electron chi connectivity index (χ0n) is 11.5. The number of ether oxygens (including phenoxy) is 2. The van der Waals surface area contributed by atoms with Gasteiger partial charge in [-0.2, -0.15) is 0 Å². The maximum atomic E-state index is 12.0. The summed E-state index contributed by atoms with van der Waals surface area (Å²) in [4.78, 5) is 27.1. The van der Waals surface area contributed by atoms with Crippen LogP contribution < -0.4 is 9.47 Å². The van der Waals surface area contributed by atoms with Crippen molar-refractivity contribution in [1.82, 2.24) is 4.98 Å². The Hall–Kier alpha value is -2.63. The van der Waals surface area contributed by atoms with E-state index in [1.165, 1.54) is 7.11 Å². The Bertz CT molecular complexity index is 768. The third-order valence-corrected chi connectivity index (χ3v) is 3.62. The van der Waals surface area contributed by atoms with Crippen LogP contribution in [0.25, 0.3) is 10.9 Å². The summed E-state index contributed by atoms with van der Waals surface area (Å²) < 4.78 is 10.5. The number of Topliss-reactive ketones (excluding diaryl/α,β-unsaturated/α-hetero) is 1. The lowest BCUT2D eigenvalue weighted by Gasteiger charge is -2.27. The number of aromatic nitrogens is 1. The van der Waals surface area contributed by atoms with Crippen molar-refractivity contribution in [2.75, 3.05) is 14.2 Å². The number of pyridine rings is 1. The molecule has 4 rings (SSSR count). The number of aliphatic carboxylic acids is 1. The first-order valence-electron chi connectivity index (χ1n) is 6.36. The Morgan fingerprint density at radius 1 is 1.19 bits per heavy atom. The SMILES string of the molecule is COc1cc2nc3cc(c2cc1OC)C3C(=O)CC(=O)O. The fourth-order valence-corrected chi connectivity index (χ4v) is 2.64. The van der Waals surface area contributed by atoms with Crippen molar-refractivity contribution in [3.8, 4) is 11.5 Å². The highest BCUT2D eigenvalue weighted by Gasteiger charge is 2.35. The fraction of sp³-hybridized carbons (Fsp3) is 0.267. The van der Waals surface area contributed by atoms with E-state index in [4.69, 9.17) is 14.6 Å². The molecule has 2 aromatic rings. The highest BCUT2D eigenvalue weighted by Crippen LogP contribution is 2.43. The summed E-state index contributed by atoms with van der Waals surface area (Å²) in [5.41, 5.74) is 2.11. The summed E-state index contributed by atoms with van der Waals surface area (Å²) >= 11 is 0. The standard InChI is InChI=1S/C15H13NO5/c1-20-12-4-7-8-3-10(15(8)11(17)6-14(18)19)16-9(7)5-13(12)21-2/h3-5,15H,6H2,1-2H3,(H,18,19). The quantitative estimate of drug-likeness (QED) is 0.843. The van der Waals surface area contributed by atoms with Crippen molar-refractivity contribution in [1.29, 1.82) is 0 Å². The van der Waals surface area contributed by atoms with Gasteiger partial charge >= 0.3 is 5.97 Å². The lowest BCUT2D eigenvalue weighted by atomic mass is 9.78. The minimum Gasteiger partial charge on any atom is -0.493 e. The minimum atomic E-state index is -1.13. The first kappa shape index (κ1) is 13.4. The Balaban J connectivity index is 2.07. The summed E-state index contributed by atoms with van der Waals surface area (Å²) in [7, 11) is 3.07. The van der Waals surface area contributed by atoms with Gasteiger partial charge in [0.25, 0.3) is 0 Å². The lowest BCUT2D eigenvalue weighted by Crippen LogP contribution is -2.25. The van der Waals surface area contributed by atoms with E-state index in [1.54, 1.807) is 25.3 Å². The highest BCUT2D eigenvalue weighted by molar-refractivity contribution is 6.05. The molecule has 1 aromatic heterocycles. The molecule has 1 aromatic carbocycles. The van der Waals surface area contributed by atoms with E-state index < -0.39 is 18.3 Å². The van der Waals surface area contributed by atoms with Crippen LogP contribution in [-0.4, -0.2) is 36.1 Å². The number of benzene rings is 1. The number of nitrogens with zero attached hydrogens (tertiary/aromatic N) is 1. The van der Waals surface area contributed by atoms with Crippen LogP contribution in [-0.2, 0) is 9.59 Å². The number of carboxylic acids is 1. The van der Waals surface area contributed by atoms with Gasteiger partial charge in [-0.15, -0.1) is 0 Å². The zero-order chi connectivity index (χ0) is 15.1.